The highest BCUT2D eigenvalue weighted by molar-refractivity contribution is 9.10. The average Bonchev–Trinajstić information content (AvgIpc) is 2.42. The minimum atomic E-state index is -0.414. The van der Waals surface area contributed by atoms with Gasteiger partial charge in [-0.3, -0.25) is 0 Å². The molecule has 0 spiro atoms. The lowest BCUT2D eigenvalue weighted by Crippen LogP contribution is -2.02. The lowest BCUT2D eigenvalue weighted by atomic mass is 10.0. The molecule has 0 bridgehead atoms. The number of carbonyl (C=O) groups is 1. The smallest absolute Gasteiger partial charge is 0.339 e. The van der Waals surface area contributed by atoms with Crippen LogP contribution in [-0.4, -0.2) is 13.1 Å². The fourth-order valence-corrected chi connectivity index (χ4v) is 2.44. The van der Waals surface area contributed by atoms with Crippen molar-refractivity contribution < 1.29 is 9.53 Å². The Kier molecular flexibility index (Phi) is 4.04. The summed E-state index contributed by atoms with van der Waals surface area (Å²) in [5, 5.41) is 0.504. The summed E-state index contributed by atoms with van der Waals surface area (Å²) in [5.74, 6) is -0.414. The number of methoxy groups -OCH3 is 1. The molecule has 0 heterocycles. The molecule has 0 fully saturated rings. The molecule has 0 unspecified atom stereocenters. The van der Waals surface area contributed by atoms with Crippen LogP contribution in [0.25, 0.3) is 11.1 Å². The van der Waals surface area contributed by atoms with E-state index >= 15 is 0 Å². The molecule has 0 atom stereocenters. The van der Waals surface area contributed by atoms with Crippen molar-refractivity contribution in [3.05, 3.63) is 57.5 Å². The van der Waals surface area contributed by atoms with Crippen LogP contribution in [-0.2, 0) is 4.74 Å². The van der Waals surface area contributed by atoms with Crippen LogP contribution in [0.1, 0.15) is 10.4 Å². The van der Waals surface area contributed by atoms with Gasteiger partial charge in [0.25, 0.3) is 0 Å². The first-order chi connectivity index (χ1) is 8.65. The van der Waals surface area contributed by atoms with Crippen molar-refractivity contribution in [1.29, 1.82) is 0 Å². The quantitative estimate of drug-likeness (QED) is 0.757. The molecule has 2 rings (SSSR count). The maximum Gasteiger partial charge on any atom is 0.339 e. The minimum absolute atomic E-state index is 0.414. The average molecular weight is 326 g/mol. The van der Waals surface area contributed by atoms with Gasteiger partial charge in [-0.2, -0.15) is 0 Å². The number of rotatable bonds is 2. The van der Waals surface area contributed by atoms with E-state index in [0.717, 1.165) is 11.1 Å². The zero-order valence-electron chi connectivity index (χ0n) is 9.61. The van der Waals surface area contributed by atoms with Gasteiger partial charge in [0.15, 0.2) is 0 Å². The largest absolute Gasteiger partial charge is 0.465 e. The summed E-state index contributed by atoms with van der Waals surface area (Å²) < 4.78 is 5.24. The molecule has 4 heteroatoms. The number of halogens is 2. The zero-order valence-corrected chi connectivity index (χ0v) is 12.0. The fourth-order valence-electron chi connectivity index (χ4n) is 1.66. The third-order valence-electron chi connectivity index (χ3n) is 2.57. The van der Waals surface area contributed by atoms with E-state index in [4.69, 9.17) is 16.3 Å². The van der Waals surface area contributed by atoms with Crippen LogP contribution in [0.3, 0.4) is 0 Å². The number of carbonyl (C=O) groups excluding carboxylic acids is 1. The number of esters is 1. The van der Waals surface area contributed by atoms with E-state index in [0.29, 0.717) is 15.1 Å². The van der Waals surface area contributed by atoms with Crippen LogP contribution in [0.5, 0.6) is 0 Å². The molecular weight excluding hydrogens is 316 g/mol. The van der Waals surface area contributed by atoms with Crippen LogP contribution >= 0.6 is 27.5 Å². The van der Waals surface area contributed by atoms with E-state index in [1.54, 1.807) is 6.07 Å². The van der Waals surface area contributed by atoms with Crippen LogP contribution in [0, 0.1) is 0 Å². The second kappa shape index (κ2) is 5.55. The second-order valence-corrected chi connectivity index (χ2v) is 4.82. The van der Waals surface area contributed by atoms with Crippen molar-refractivity contribution in [2.24, 2.45) is 0 Å². The lowest BCUT2D eigenvalue weighted by Gasteiger charge is -2.09. The summed E-state index contributed by atoms with van der Waals surface area (Å²) in [6.07, 6.45) is 0. The molecule has 2 aromatic rings. The molecular formula is C14H10BrClO2. The monoisotopic (exact) mass is 324 g/mol. The van der Waals surface area contributed by atoms with Crippen LogP contribution in [0.4, 0.5) is 0 Å². The molecule has 0 radical (unpaired) electrons. The molecule has 92 valence electrons. The molecule has 2 aromatic carbocycles. The van der Waals surface area contributed by atoms with Crippen molar-refractivity contribution in [3.63, 3.8) is 0 Å². The molecule has 0 aromatic heterocycles. The van der Waals surface area contributed by atoms with Gasteiger partial charge in [-0.25, -0.2) is 4.79 Å². The van der Waals surface area contributed by atoms with Crippen molar-refractivity contribution in [2.45, 2.75) is 0 Å². The maximum atomic E-state index is 11.5. The highest BCUT2D eigenvalue weighted by Gasteiger charge is 2.16. The first-order valence-corrected chi connectivity index (χ1v) is 6.44. The first-order valence-electron chi connectivity index (χ1n) is 5.27. The third-order valence-corrected chi connectivity index (χ3v) is 4.02. The van der Waals surface area contributed by atoms with E-state index in [1.165, 1.54) is 7.11 Å². The van der Waals surface area contributed by atoms with Crippen LogP contribution in [0.2, 0.25) is 5.02 Å². The highest BCUT2D eigenvalue weighted by Crippen LogP contribution is 2.36. The molecule has 18 heavy (non-hydrogen) atoms. The molecule has 0 aliphatic heterocycles. The number of hydrogen-bond donors (Lipinski definition) is 0. The Balaban J connectivity index is 2.54. The maximum absolute atomic E-state index is 11.5. The van der Waals surface area contributed by atoms with Crippen molar-refractivity contribution in [3.8, 4) is 11.1 Å². The Bertz CT molecular complexity index is 582. The van der Waals surface area contributed by atoms with E-state index < -0.39 is 5.97 Å². The third kappa shape index (κ3) is 2.42. The van der Waals surface area contributed by atoms with Gasteiger partial charge < -0.3 is 4.74 Å². The van der Waals surface area contributed by atoms with Crippen molar-refractivity contribution >= 4 is 33.5 Å². The van der Waals surface area contributed by atoms with Crippen LogP contribution < -0.4 is 0 Å². The lowest BCUT2D eigenvalue weighted by molar-refractivity contribution is 0.0599. The first kappa shape index (κ1) is 13.1. The van der Waals surface area contributed by atoms with Gasteiger partial charge in [-0.05, 0) is 27.6 Å². The number of benzene rings is 2. The Labute approximate surface area is 119 Å². The summed E-state index contributed by atoms with van der Waals surface area (Å²) in [6.45, 7) is 0. The standard InChI is InChI=1S/C14H10BrClO2/c1-18-14(17)11-8-7-10(13(16)12(11)15)9-5-3-2-4-6-9/h2-8H,1H3. The summed E-state index contributed by atoms with van der Waals surface area (Å²) >= 11 is 9.62. The van der Waals surface area contributed by atoms with Gasteiger partial charge in [0.1, 0.15) is 0 Å². The Morgan fingerprint density at radius 2 is 1.83 bits per heavy atom. The van der Waals surface area contributed by atoms with Crippen molar-refractivity contribution in [1.82, 2.24) is 0 Å². The Morgan fingerprint density at radius 3 is 2.44 bits per heavy atom. The van der Waals surface area contributed by atoms with Crippen molar-refractivity contribution in [2.75, 3.05) is 7.11 Å². The molecule has 2 nitrogen and oxygen atoms in total. The van der Waals surface area contributed by atoms with E-state index in [1.807, 2.05) is 36.4 Å². The van der Waals surface area contributed by atoms with E-state index in [9.17, 15) is 4.79 Å². The fraction of sp³-hybridized carbons (Fsp3) is 0.0714. The molecule has 0 amide bonds. The molecule has 0 aliphatic rings. The van der Waals surface area contributed by atoms with Gasteiger partial charge in [-0.15, -0.1) is 0 Å². The van der Waals surface area contributed by atoms with Gasteiger partial charge in [0, 0.05) is 5.56 Å². The summed E-state index contributed by atoms with van der Waals surface area (Å²) in [5.41, 5.74) is 2.29. The summed E-state index contributed by atoms with van der Waals surface area (Å²) in [6, 6.07) is 13.3. The predicted molar refractivity (Wildman–Crippen MR) is 75.9 cm³/mol. The SMILES string of the molecule is COC(=O)c1ccc(-c2ccccc2)c(Cl)c1Br. The summed E-state index contributed by atoms with van der Waals surface area (Å²) in [7, 11) is 1.34. The van der Waals surface area contributed by atoms with E-state index in [2.05, 4.69) is 15.9 Å². The Hall–Kier alpha value is -1.32. The summed E-state index contributed by atoms with van der Waals surface area (Å²) in [4.78, 5) is 11.5. The topological polar surface area (TPSA) is 26.3 Å². The molecule has 0 saturated carbocycles. The highest BCUT2D eigenvalue weighted by atomic mass is 79.9. The van der Waals surface area contributed by atoms with E-state index in [-0.39, 0.29) is 0 Å². The minimum Gasteiger partial charge on any atom is -0.465 e. The normalized spacial score (nSPS) is 10.2. The number of hydrogen-bond acceptors (Lipinski definition) is 2. The molecule has 0 aliphatic carbocycles. The second-order valence-electron chi connectivity index (χ2n) is 3.65. The van der Waals surface area contributed by atoms with Gasteiger partial charge in [0.2, 0.25) is 0 Å². The molecule has 0 N–H and O–H groups in total. The number of ether oxygens (including phenoxy) is 1. The molecule has 0 saturated heterocycles. The Morgan fingerprint density at radius 1 is 1.17 bits per heavy atom. The van der Waals surface area contributed by atoms with Gasteiger partial charge >= 0.3 is 5.97 Å². The van der Waals surface area contributed by atoms with Crippen LogP contribution in [0.15, 0.2) is 46.9 Å². The van der Waals surface area contributed by atoms with Gasteiger partial charge in [-0.1, -0.05) is 48.0 Å². The predicted octanol–water partition coefficient (Wildman–Crippen LogP) is 4.56. The van der Waals surface area contributed by atoms with Gasteiger partial charge in [0.05, 0.1) is 22.2 Å². The zero-order chi connectivity index (χ0) is 13.1.